The molecule has 6 heteroatoms. The van der Waals surface area contributed by atoms with Gasteiger partial charge >= 0.3 is 0 Å². The van der Waals surface area contributed by atoms with E-state index < -0.39 is 0 Å². The van der Waals surface area contributed by atoms with Gasteiger partial charge in [0.05, 0.1) is 17.1 Å². The zero-order valence-corrected chi connectivity index (χ0v) is 16.6. The molecule has 1 saturated heterocycles. The fourth-order valence-electron chi connectivity index (χ4n) is 3.75. The molecule has 142 valence electrons. The summed E-state index contributed by atoms with van der Waals surface area (Å²) in [6.07, 6.45) is 3.79. The number of aromatic nitrogens is 3. The summed E-state index contributed by atoms with van der Waals surface area (Å²) < 4.78 is 1.88. The highest BCUT2D eigenvalue weighted by Crippen LogP contribution is 2.21. The molecule has 0 aliphatic carbocycles. The third kappa shape index (κ3) is 4.06. The standard InChI is InChI=1S/C20H31N5O/c1-13(2)12-24-8-6-16(7-9-24)23-20(26)17-10-15(5)22-19-18(17)11-21-25(19)14(3)4/h10-11,13-14,16H,6-9,12H2,1-5H3,(H,23,26). The van der Waals surface area contributed by atoms with E-state index in [1.54, 1.807) is 6.20 Å². The van der Waals surface area contributed by atoms with Crippen LogP contribution in [0.3, 0.4) is 0 Å². The van der Waals surface area contributed by atoms with Crippen LogP contribution in [-0.4, -0.2) is 51.2 Å². The molecule has 1 aliphatic heterocycles. The topological polar surface area (TPSA) is 63.1 Å². The molecule has 6 nitrogen and oxygen atoms in total. The zero-order chi connectivity index (χ0) is 18.8. The van der Waals surface area contributed by atoms with Crippen molar-refractivity contribution < 1.29 is 4.79 Å². The molecular weight excluding hydrogens is 326 g/mol. The van der Waals surface area contributed by atoms with Gasteiger partial charge in [0.15, 0.2) is 5.65 Å². The van der Waals surface area contributed by atoms with E-state index in [1.807, 2.05) is 17.7 Å². The number of piperidine rings is 1. The Hall–Kier alpha value is -1.95. The Morgan fingerprint density at radius 1 is 1.27 bits per heavy atom. The molecule has 1 N–H and O–H groups in total. The van der Waals surface area contributed by atoms with Gasteiger partial charge in [-0.05, 0) is 45.6 Å². The smallest absolute Gasteiger partial charge is 0.252 e. The van der Waals surface area contributed by atoms with Crippen molar-refractivity contribution in [3.63, 3.8) is 0 Å². The molecular formula is C20H31N5O. The molecule has 0 bridgehead atoms. The highest BCUT2D eigenvalue weighted by atomic mass is 16.1. The van der Waals surface area contributed by atoms with Crippen LogP contribution in [0.25, 0.3) is 11.0 Å². The molecule has 3 heterocycles. The lowest BCUT2D eigenvalue weighted by atomic mass is 10.0. The monoisotopic (exact) mass is 357 g/mol. The Labute approximate surface area is 156 Å². The summed E-state index contributed by atoms with van der Waals surface area (Å²) in [4.78, 5) is 20.0. The van der Waals surface area contributed by atoms with Crippen LogP contribution < -0.4 is 5.32 Å². The number of aryl methyl sites for hydroxylation is 1. The van der Waals surface area contributed by atoms with Crippen LogP contribution in [0.5, 0.6) is 0 Å². The van der Waals surface area contributed by atoms with Crippen molar-refractivity contribution in [1.29, 1.82) is 0 Å². The van der Waals surface area contributed by atoms with Gasteiger partial charge < -0.3 is 10.2 Å². The van der Waals surface area contributed by atoms with Crippen molar-refractivity contribution in [3.8, 4) is 0 Å². The highest BCUT2D eigenvalue weighted by Gasteiger charge is 2.23. The van der Waals surface area contributed by atoms with E-state index >= 15 is 0 Å². The molecule has 3 rings (SSSR count). The number of likely N-dealkylation sites (tertiary alicyclic amines) is 1. The van der Waals surface area contributed by atoms with E-state index in [0.29, 0.717) is 11.5 Å². The Morgan fingerprint density at radius 2 is 1.96 bits per heavy atom. The van der Waals surface area contributed by atoms with E-state index in [2.05, 4.69) is 48.0 Å². The average Bonchev–Trinajstić information content (AvgIpc) is 2.99. The van der Waals surface area contributed by atoms with Crippen LogP contribution in [0.2, 0.25) is 0 Å². The first-order valence-electron chi connectivity index (χ1n) is 9.73. The molecule has 2 aromatic heterocycles. The Balaban J connectivity index is 1.73. The van der Waals surface area contributed by atoms with Gasteiger partial charge in [-0.2, -0.15) is 5.10 Å². The maximum Gasteiger partial charge on any atom is 0.252 e. The first kappa shape index (κ1) is 18.8. The molecule has 1 fully saturated rings. The summed E-state index contributed by atoms with van der Waals surface area (Å²) >= 11 is 0. The van der Waals surface area contributed by atoms with E-state index in [1.165, 1.54) is 0 Å². The van der Waals surface area contributed by atoms with Gasteiger partial charge in [0.2, 0.25) is 0 Å². The summed E-state index contributed by atoms with van der Waals surface area (Å²) in [6, 6.07) is 2.33. The number of carbonyl (C=O) groups excluding carboxylic acids is 1. The summed E-state index contributed by atoms with van der Waals surface area (Å²) in [6.45, 7) is 13.8. The summed E-state index contributed by atoms with van der Waals surface area (Å²) in [5.74, 6) is 0.679. The first-order valence-corrected chi connectivity index (χ1v) is 9.73. The molecule has 0 atom stereocenters. The summed E-state index contributed by atoms with van der Waals surface area (Å²) in [7, 11) is 0. The van der Waals surface area contributed by atoms with E-state index in [0.717, 1.165) is 49.2 Å². The lowest BCUT2D eigenvalue weighted by molar-refractivity contribution is 0.0909. The fourth-order valence-corrected chi connectivity index (χ4v) is 3.75. The van der Waals surface area contributed by atoms with Crippen molar-refractivity contribution in [2.75, 3.05) is 19.6 Å². The summed E-state index contributed by atoms with van der Waals surface area (Å²) in [5.41, 5.74) is 2.32. The Kier molecular flexibility index (Phi) is 5.61. The molecule has 0 aromatic carbocycles. The van der Waals surface area contributed by atoms with E-state index in [4.69, 9.17) is 0 Å². The normalized spacial score (nSPS) is 16.7. The maximum atomic E-state index is 12.9. The highest BCUT2D eigenvalue weighted by molar-refractivity contribution is 6.05. The van der Waals surface area contributed by atoms with Crippen LogP contribution in [0.15, 0.2) is 12.3 Å². The van der Waals surface area contributed by atoms with Crippen LogP contribution in [-0.2, 0) is 0 Å². The van der Waals surface area contributed by atoms with Gasteiger partial charge in [-0.1, -0.05) is 13.8 Å². The Bertz CT molecular complexity index is 772. The number of pyridine rings is 1. The van der Waals surface area contributed by atoms with Gasteiger partial charge in [0.25, 0.3) is 5.91 Å². The molecule has 2 aromatic rings. The number of carbonyl (C=O) groups is 1. The lowest BCUT2D eigenvalue weighted by Gasteiger charge is -2.33. The minimum atomic E-state index is -0.00823. The van der Waals surface area contributed by atoms with Gasteiger partial charge in [-0.25, -0.2) is 9.67 Å². The summed E-state index contributed by atoms with van der Waals surface area (Å²) in [5, 5.41) is 8.50. The van der Waals surface area contributed by atoms with E-state index in [-0.39, 0.29) is 18.0 Å². The van der Waals surface area contributed by atoms with Crippen molar-refractivity contribution in [2.45, 2.75) is 59.5 Å². The number of nitrogens with zero attached hydrogens (tertiary/aromatic N) is 4. The van der Waals surface area contributed by atoms with Crippen LogP contribution in [0.1, 0.15) is 62.6 Å². The second-order valence-corrected chi connectivity index (χ2v) is 8.17. The molecule has 26 heavy (non-hydrogen) atoms. The minimum Gasteiger partial charge on any atom is -0.349 e. The number of rotatable bonds is 5. The minimum absolute atomic E-state index is 0.00823. The van der Waals surface area contributed by atoms with Crippen molar-refractivity contribution in [1.82, 2.24) is 25.0 Å². The fraction of sp³-hybridized carbons (Fsp3) is 0.650. The number of nitrogens with one attached hydrogen (secondary N) is 1. The predicted molar refractivity (Wildman–Crippen MR) is 104 cm³/mol. The molecule has 1 aliphatic rings. The van der Waals surface area contributed by atoms with Gasteiger partial charge in [0.1, 0.15) is 0 Å². The predicted octanol–water partition coefficient (Wildman–Crippen LogP) is 3.17. The molecule has 1 amide bonds. The lowest BCUT2D eigenvalue weighted by Crippen LogP contribution is -2.45. The SMILES string of the molecule is Cc1cc(C(=O)NC2CCN(CC(C)C)CC2)c2cnn(C(C)C)c2n1. The number of hydrogen-bond acceptors (Lipinski definition) is 4. The molecule has 0 spiro atoms. The Morgan fingerprint density at radius 3 is 2.58 bits per heavy atom. The van der Waals surface area contributed by atoms with Gasteiger partial charge in [0, 0.05) is 37.4 Å². The zero-order valence-electron chi connectivity index (χ0n) is 16.6. The number of amides is 1. The number of hydrogen-bond donors (Lipinski definition) is 1. The molecule has 0 unspecified atom stereocenters. The second-order valence-electron chi connectivity index (χ2n) is 8.17. The van der Waals surface area contributed by atoms with Crippen LogP contribution in [0.4, 0.5) is 0 Å². The average molecular weight is 358 g/mol. The van der Waals surface area contributed by atoms with Crippen molar-refractivity contribution in [2.24, 2.45) is 5.92 Å². The quantitative estimate of drug-likeness (QED) is 0.893. The van der Waals surface area contributed by atoms with E-state index in [9.17, 15) is 4.79 Å². The largest absolute Gasteiger partial charge is 0.349 e. The second kappa shape index (κ2) is 7.74. The molecule has 0 radical (unpaired) electrons. The van der Waals surface area contributed by atoms with Gasteiger partial charge in [-0.3, -0.25) is 4.79 Å². The van der Waals surface area contributed by atoms with Crippen LogP contribution in [0, 0.1) is 12.8 Å². The van der Waals surface area contributed by atoms with Crippen molar-refractivity contribution >= 4 is 16.9 Å². The van der Waals surface area contributed by atoms with Crippen LogP contribution >= 0.6 is 0 Å². The maximum absolute atomic E-state index is 12.9. The number of fused-ring (bicyclic) bond motifs is 1. The van der Waals surface area contributed by atoms with Gasteiger partial charge in [-0.15, -0.1) is 0 Å². The third-order valence-electron chi connectivity index (χ3n) is 4.97. The third-order valence-corrected chi connectivity index (χ3v) is 4.97. The first-order chi connectivity index (χ1) is 12.3. The van der Waals surface area contributed by atoms with Crippen molar-refractivity contribution in [3.05, 3.63) is 23.5 Å². The molecule has 0 saturated carbocycles.